The van der Waals surface area contributed by atoms with E-state index in [1.54, 1.807) is 30.3 Å². The predicted molar refractivity (Wildman–Crippen MR) is 258 cm³/mol. The molecule has 9 rings (SSSR count). The van der Waals surface area contributed by atoms with E-state index < -0.39 is 24.1 Å². The van der Waals surface area contributed by atoms with E-state index in [1.807, 2.05) is 18.2 Å². The molecule has 67 heavy (non-hydrogen) atoms. The molecular formula is C54H66N6O7. The number of piperazine rings is 1. The van der Waals surface area contributed by atoms with Crippen LogP contribution < -0.4 is 25.4 Å². The Labute approximate surface area is 394 Å². The molecule has 1 aliphatic carbocycles. The second-order valence-corrected chi connectivity index (χ2v) is 18.9. The Bertz CT molecular complexity index is 2370. The van der Waals surface area contributed by atoms with Crippen LogP contribution in [0.1, 0.15) is 123 Å². The monoisotopic (exact) mass is 910 g/mol. The standard InChI is InChI=1S/C54H66N6O7/c1-2-43(37-13-9-8-10-14-37)49(38-15-19-40(61)20-16-38)39-17-21-41(22-18-39)66-34-33-58-29-31-59(32-30-58)53-55-36-47(54(57-53)27-11-6-4-3-5-7-12-28-54)67-42-23-24-44-45(35-42)52(65)60(51(44)64)46-25-26-48(62)56-50(46)63/h8-10,13-24,35,46-47,52-53,55,57,61,65H,2-7,11-12,25-34,36H2,1H3,(H,56,62,63)/b49-43-. The minimum absolute atomic E-state index is 0.00289. The first-order valence-electron chi connectivity index (χ1n) is 24.6. The molecule has 4 aromatic carbocycles. The molecule has 4 aromatic rings. The van der Waals surface area contributed by atoms with Crippen molar-refractivity contribution in [3.63, 3.8) is 0 Å². The van der Waals surface area contributed by atoms with E-state index in [0.29, 0.717) is 30.0 Å². The number of imide groups is 1. The smallest absolute Gasteiger partial charge is 0.257 e. The first kappa shape index (κ1) is 46.5. The fourth-order valence-corrected chi connectivity index (χ4v) is 11.0. The molecule has 4 unspecified atom stereocenters. The van der Waals surface area contributed by atoms with Crippen LogP contribution in [0.25, 0.3) is 11.1 Å². The SMILES string of the molecule is CC/C(=C(\c1ccc(O)cc1)c1ccc(OCCN2CCN(C3NCC(Oc4ccc5c(c4)C(O)N(C4CCC(=O)NC4=O)C5=O)C4(CCCCCCCCC4)N3)CC2)cc1)c1ccccc1. The van der Waals surface area contributed by atoms with Gasteiger partial charge in [-0.1, -0.05) is 106 Å². The van der Waals surface area contributed by atoms with Crippen LogP contribution in [0.4, 0.5) is 0 Å². The Balaban J connectivity index is 0.818. The first-order valence-corrected chi connectivity index (χ1v) is 24.6. The summed E-state index contributed by atoms with van der Waals surface area (Å²) in [6.07, 6.45) is 10.00. The Kier molecular flexibility index (Phi) is 14.7. The lowest BCUT2D eigenvalue weighted by molar-refractivity contribution is -0.139. The molecule has 4 aliphatic heterocycles. The summed E-state index contributed by atoms with van der Waals surface area (Å²) in [5.41, 5.74) is 6.22. The van der Waals surface area contributed by atoms with Gasteiger partial charge in [-0.15, -0.1) is 0 Å². The lowest BCUT2D eigenvalue weighted by Gasteiger charge is -2.52. The van der Waals surface area contributed by atoms with Gasteiger partial charge >= 0.3 is 0 Å². The van der Waals surface area contributed by atoms with Crippen molar-refractivity contribution in [2.24, 2.45) is 0 Å². The normalized spacial score (nSPS) is 24.4. The quantitative estimate of drug-likeness (QED) is 0.0725. The number of amides is 3. The average molecular weight is 911 g/mol. The lowest BCUT2D eigenvalue weighted by atomic mass is 9.79. The summed E-state index contributed by atoms with van der Waals surface area (Å²) in [6, 6.07) is 30.7. The zero-order chi connectivity index (χ0) is 46.3. The summed E-state index contributed by atoms with van der Waals surface area (Å²) in [5.74, 6) is 0.315. The molecule has 4 fully saturated rings. The van der Waals surface area contributed by atoms with Crippen LogP contribution >= 0.6 is 0 Å². The highest BCUT2D eigenvalue weighted by molar-refractivity contribution is 6.06. The molecule has 0 aromatic heterocycles. The van der Waals surface area contributed by atoms with Crippen LogP contribution in [0.5, 0.6) is 17.2 Å². The van der Waals surface area contributed by atoms with Gasteiger partial charge in [-0.05, 0) is 96.0 Å². The van der Waals surface area contributed by atoms with Gasteiger partial charge in [-0.3, -0.25) is 45.0 Å². The number of piperidine rings is 1. The topological polar surface area (TPSA) is 156 Å². The van der Waals surface area contributed by atoms with E-state index in [1.165, 1.54) is 48.1 Å². The van der Waals surface area contributed by atoms with Crippen molar-refractivity contribution in [2.45, 2.75) is 114 Å². The fourth-order valence-electron chi connectivity index (χ4n) is 11.0. The highest BCUT2D eigenvalue weighted by Crippen LogP contribution is 2.40. The number of aliphatic hydroxyl groups excluding tert-OH is 1. The molecule has 13 heteroatoms. The number of phenols is 1. The van der Waals surface area contributed by atoms with Crippen molar-refractivity contribution >= 4 is 28.9 Å². The zero-order valence-electron chi connectivity index (χ0n) is 38.8. The van der Waals surface area contributed by atoms with E-state index in [4.69, 9.17) is 9.47 Å². The molecule has 0 bridgehead atoms. The maximum Gasteiger partial charge on any atom is 0.257 e. The van der Waals surface area contributed by atoms with E-state index in [-0.39, 0.29) is 42.4 Å². The van der Waals surface area contributed by atoms with Crippen molar-refractivity contribution in [2.75, 3.05) is 45.9 Å². The van der Waals surface area contributed by atoms with Gasteiger partial charge in [-0.2, -0.15) is 0 Å². The number of nitrogens with zero attached hydrogens (tertiary/aromatic N) is 3. The molecule has 1 spiro atoms. The van der Waals surface area contributed by atoms with Gasteiger partial charge in [0, 0.05) is 56.8 Å². The number of phenolic OH excluding ortho intramolecular Hbond substituents is 1. The third-order valence-corrected chi connectivity index (χ3v) is 14.7. The minimum Gasteiger partial charge on any atom is -0.508 e. The summed E-state index contributed by atoms with van der Waals surface area (Å²) < 4.78 is 13.2. The zero-order valence-corrected chi connectivity index (χ0v) is 38.8. The third kappa shape index (κ3) is 10.5. The molecule has 354 valence electrons. The van der Waals surface area contributed by atoms with Crippen LogP contribution in [0.2, 0.25) is 0 Å². The number of hydrogen-bond donors (Lipinski definition) is 5. The van der Waals surface area contributed by atoms with E-state index >= 15 is 0 Å². The maximum absolute atomic E-state index is 13.5. The molecule has 5 N–H and O–H groups in total. The summed E-state index contributed by atoms with van der Waals surface area (Å²) in [5, 5.41) is 31.7. The number of aromatic hydroxyl groups is 1. The Morgan fingerprint density at radius 1 is 0.776 bits per heavy atom. The molecule has 3 amide bonds. The number of benzene rings is 4. The van der Waals surface area contributed by atoms with E-state index in [9.17, 15) is 24.6 Å². The number of allylic oxidation sites excluding steroid dienone is 1. The lowest BCUT2D eigenvalue weighted by Crippen LogP contribution is -2.75. The van der Waals surface area contributed by atoms with Crippen LogP contribution in [-0.2, 0) is 9.59 Å². The van der Waals surface area contributed by atoms with E-state index in [2.05, 4.69) is 81.2 Å². The van der Waals surface area contributed by atoms with Gasteiger partial charge in [0.25, 0.3) is 5.91 Å². The van der Waals surface area contributed by atoms with Gasteiger partial charge < -0.3 is 19.7 Å². The Hall–Kier alpha value is -5.57. The highest BCUT2D eigenvalue weighted by atomic mass is 16.5. The molecule has 4 atom stereocenters. The van der Waals surface area contributed by atoms with Gasteiger partial charge in [0.2, 0.25) is 11.8 Å². The highest BCUT2D eigenvalue weighted by Gasteiger charge is 2.48. The summed E-state index contributed by atoms with van der Waals surface area (Å²) >= 11 is 0. The number of carbonyl (C=O) groups is 3. The summed E-state index contributed by atoms with van der Waals surface area (Å²) in [7, 11) is 0. The maximum atomic E-state index is 13.5. The largest absolute Gasteiger partial charge is 0.508 e. The molecular weight excluding hydrogens is 845 g/mol. The van der Waals surface area contributed by atoms with Crippen molar-refractivity contribution in [1.29, 1.82) is 0 Å². The van der Waals surface area contributed by atoms with E-state index in [0.717, 1.165) is 87.3 Å². The number of ether oxygens (including phenoxy) is 2. The number of nitrogens with one attached hydrogen (secondary N) is 3. The van der Waals surface area contributed by atoms with Crippen LogP contribution in [0.3, 0.4) is 0 Å². The van der Waals surface area contributed by atoms with Gasteiger partial charge in [-0.25, -0.2) is 0 Å². The van der Waals surface area contributed by atoms with Crippen molar-refractivity contribution in [1.82, 2.24) is 30.7 Å². The first-order chi connectivity index (χ1) is 32.7. The molecule has 0 radical (unpaired) electrons. The summed E-state index contributed by atoms with van der Waals surface area (Å²) in [4.78, 5) is 44.2. The number of hydrogen-bond acceptors (Lipinski definition) is 11. The van der Waals surface area contributed by atoms with Gasteiger partial charge in [0.15, 0.2) is 6.23 Å². The average Bonchev–Trinajstić information content (AvgIpc) is 3.59. The Morgan fingerprint density at radius 2 is 1.43 bits per heavy atom. The molecule has 5 aliphatic rings. The number of rotatable bonds is 12. The van der Waals surface area contributed by atoms with Crippen LogP contribution in [-0.4, -0.2) is 112 Å². The second-order valence-electron chi connectivity index (χ2n) is 18.9. The molecule has 13 nitrogen and oxygen atoms in total. The molecule has 3 saturated heterocycles. The van der Waals surface area contributed by atoms with Crippen LogP contribution in [0.15, 0.2) is 97.1 Å². The van der Waals surface area contributed by atoms with Crippen molar-refractivity contribution in [3.05, 3.63) is 125 Å². The van der Waals surface area contributed by atoms with Gasteiger partial charge in [0.05, 0.1) is 5.54 Å². The summed E-state index contributed by atoms with van der Waals surface area (Å²) in [6.45, 7) is 7.94. The number of carbonyl (C=O) groups excluding carboxylic acids is 3. The van der Waals surface area contributed by atoms with Crippen molar-refractivity contribution in [3.8, 4) is 17.2 Å². The third-order valence-electron chi connectivity index (χ3n) is 14.7. The van der Waals surface area contributed by atoms with Crippen LogP contribution in [0, 0.1) is 0 Å². The number of fused-ring (bicyclic) bond motifs is 1. The second kappa shape index (κ2) is 21.2. The van der Waals surface area contributed by atoms with Crippen molar-refractivity contribution < 1.29 is 34.1 Å². The fraction of sp³-hybridized carbons (Fsp3) is 0.463. The minimum atomic E-state index is -1.31. The molecule has 4 heterocycles. The Morgan fingerprint density at radius 3 is 2.10 bits per heavy atom. The van der Waals surface area contributed by atoms with Gasteiger partial charge in [0.1, 0.15) is 42.3 Å². The molecule has 1 saturated carbocycles. The predicted octanol–water partition coefficient (Wildman–Crippen LogP) is 7.20. The number of aliphatic hydroxyl groups is 1.